The summed E-state index contributed by atoms with van der Waals surface area (Å²) in [5.74, 6) is 1.42. The van der Waals surface area contributed by atoms with Gasteiger partial charge in [0, 0.05) is 35.5 Å². The minimum Gasteiger partial charge on any atom is -0.352 e. The minimum absolute atomic E-state index is 0.0187. The summed E-state index contributed by atoms with van der Waals surface area (Å²) >= 11 is 8.06. The highest BCUT2D eigenvalue weighted by molar-refractivity contribution is 7.98. The van der Waals surface area contributed by atoms with Crippen molar-refractivity contribution in [1.82, 2.24) is 10.2 Å². The summed E-state index contributed by atoms with van der Waals surface area (Å²) in [7, 11) is 0. The van der Waals surface area contributed by atoms with Crippen molar-refractivity contribution in [3.8, 4) is 0 Å². The zero-order valence-electron chi connectivity index (χ0n) is 17.9. The molecule has 4 nitrogen and oxygen atoms in total. The number of nitrogens with zero attached hydrogens (tertiary/aromatic N) is 1. The molecule has 0 saturated carbocycles. The largest absolute Gasteiger partial charge is 0.352 e. The summed E-state index contributed by atoms with van der Waals surface area (Å²) in [5.41, 5.74) is 2.09. The Hall–Kier alpha value is -1.98. The van der Waals surface area contributed by atoms with Crippen molar-refractivity contribution in [3.05, 3.63) is 70.7 Å². The van der Waals surface area contributed by atoms with Crippen molar-refractivity contribution < 1.29 is 9.59 Å². The number of hydrogen-bond donors (Lipinski definition) is 1. The molecule has 0 radical (unpaired) electrons. The number of hydrogen-bond acceptors (Lipinski definition) is 3. The van der Waals surface area contributed by atoms with Crippen molar-refractivity contribution in [2.24, 2.45) is 0 Å². The van der Waals surface area contributed by atoms with Gasteiger partial charge in [0.1, 0.15) is 6.04 Å². The van der Waals surface area contributed by atoms with E-state index in [1.165, 1.54) is 5.56 Å². The molecule has 1 atom stereocenters. The Balaban J connectivity index is 2.07. The van der Waals surface area contributed by atoms with Crippen molar-refractivity contribution in [3.63, 3.8) is 0 Å². The van der Waals surface area contributed by atoms with Gasteiger partial charge in [-0.15, -0.1) is 0 Å². The number of carbonyl (C=O) groups is 2. The molecular weight excluding hydrogens is 416 g/mol. The molecule has 0 aliphatic heterocycles. The van der Waals surface area contributed by atoms with Gasteiger partial charge in [-0.25, -0.2) is 0 Å². The van der Waals surface area contributed by atoms with Gasteiger partial charge in [0.05, 0.1) is 0 Å². The van der Waals surface area contributed by atoms with Crippen LogP contribution in [0.3, 0.4) is 0 Å². The fourth-order valence-electron chi connectivity index (χ4n) is 3.18. The standard InChI is InChI=1S/C24H31ClN2O2S/c1-4-22(24(29)26-18(2)3)27(16-20-12-8-9-13-21(20)25)23(28)14-15-30-17-19-10-6-5-7-11-19/h5-13,18,22H,4,14-17H2,1-3H3,(H,26,29)/t22-/m1/s1. The molecule has 0 bridgehead atoms. The first-order valence-corrected chi connectivity index (χ1v) is 11.9. The molecule has 0 aromatic heterocycles. The smallest absolute Gasteiger partial charge is 0.243 e. The molecule has 30 heavy (non-hydrogen) atoms. The molecule has 6 heteroatoms. The summed E-state index contributed by atoms with van der Waals surface area (Å²) in [4.78, 5) is 27.6. The zero-order chi connectivity index (χ0) is 21.9. The number of nitrogens with one attached hydrogen (secondary N) is 1. The molecule has 162 valence electrons. The molecule has 0 fully saturated rings. The maximum absolute atomic E-state index is 13.2. The van der Waals surface area contributed by atoms with Gasteiger partial charge in [0.2, 0.25) is 11.8 Å². The molecule has 2 aromatic carbocycles. The van der Waals surface area contributed by atoms with E-state index in [9.17, 15) is 9.59 Å². The number of benzene rings is 2. The van der Waals surface area contributed by atoms with Crippen LogP contribution in [0.15, 0.2) is 54.6 Å². The van der Waals surface area contributed by atoms with E-state index in [0.29, 0.717) is 30.2 Å². The lowest BCUT2D eigenvalue weighted by atomic mass is 10.1. The topological polar surface area (TPSA) is 49.4 Å². The Kier molecular flexibility index (Phi) is 10.2. The molecule has 1 N–H and O–H groups in total. The Labute approximate surface area is 189 Å². The van der Waals surface area contributed by atoms with Crippen LogP contribution in [-0.2, 0) is 21.9 Å². The van der Waals surface area contributed by atoms with Crippen LogP contribution in [0.25, 0.3) is 0 Å². The normalized spacial score (nSPS) is 11.9. The molecule has 0 saturated heterocycles. The molecule has 0 unspecified atom stereocenters. The van der Waals surface area contributed by atoms with E-state index in [2.05, 4.69) is 17.4 Å². The summed E-state index contributed by atoms with van der Waals surface area (Å²) in [6.07, 6.45) is 0.930. The summed E-state index contributed by atoms with van der Waals surface area (Å²) in [6, 6.07) is 17.2. The predicted molar refractivity (Wildman–Crippen MR) is 127 cm³/mol. The van der Waals surface area contributed by atoms with E-state index >= 15 is 0 Å². The highest BCUT2D eigenvalue weighted by atomic mass is 35.5. The van der Waals surface area contributed by atoms with Crippen LogP contribution in [0.2, 0.25) is 5.02 Å². The van der Waals surface area contributed by atoms with Crippen molar-refractivity contribution in [1.29, 1.82) is 0 Å². The van der Waals surface area contributed by atoms with E-state index in [0.717, 1.165) is 11.3 Å². The van der Waals surface area contributed by atoms with Crippen molar-refractivity contribution in [2.45, 2.75) is 58.0 Å². The number of halogens is 1. The number of carbonyl (C=O) groups excluding carboxylic acids is 2. The van der Waals surface area contributed by atoms with Gasteiger partial charge < -0.3 is 10.2 Å². The van der Waals surface area contributed by atoms with E-state index in [4.69, 9.17) is 11.6 Å². The second-order valence-electron chi connectivity index (χ2n) is 7.49. The van der Waals surface area contributed by atoms with Crippen LogP contribution in [-0.4, -0.2) is 34.6 Å². The van der Waals surface area contributed by atoms with Gasteiger partial charge in [-0.05, 0) is 37.5 Å². The summed E-state index contributed by atoms with van der Waals surface area (Å²) in [5, 5.41) is 3.55. The fourth-order valence-corrected chi connectivity index (χ4v) is 4.26. The quantitative estimate of drug-likeness (QED) is 0.477. The van der Waals surface area contributed by atoms with Crippen LogP contribution in [0.5, 0.6) is 0 Å². The Morgan fingerprint density at radius 3 is 2.37 bits per heavy atom. The Morgan fingerprint density at radius 1 is 1.07 bits per heavy atom. The van der Waals surface area contributed by atoms with Gasteiger partial charge in [0.15, 0.2) is 0 Å². The molecular formula is C24H31ClN2O2S. The Bertz CT molecular complexity index is 814. The van der Waals surface area contributed by atoms with E-state index in [1.807, 2.05) is 63.2 Å². The zero-order valence-corrected chi connectivity index (χ0v) is 19.5. The highest BCUT2D eigenvalue weighted by Crippen LogP contribution is 2.21. The minimum atomic E-state index is -0.518. The van der Waals surface area contributed by atoms with Crippen LogP contribution in [0.4, 0.5) is 0 Å². The van der Waals surface area contributed by atoms with Crippen LogP contribution >= 0.6 is 23.4 Å². The SMILES string of the molecule is CC[C@H](C(=O)NC(C)C)N(Cc1ccccc1Cl)C(=O)CCSCc1ccccc1. The second kappa shape index (κ2) is 12.7. The van der Waals surface area contributed by atoms with Crippen LogP contribution < -0.4 is 5.32 Å². The second-order valence-corrected chi connectivity index (χ2v) is 9.00. The van der Waals surface area contributed by atoms with Gasteiger partial charge >= 0.3 is 0 Å². The van der Waals surface area contributed by atoms with Gasteiger partial charge in [-0.1, -0.05) is 67.1 Å². The predicted octanol–water partition coefficient (Wildman–Crippen LogP) is 5.30. The highest BCUT2D eigenvalue weighted by Gasteiger charge is 2.29. The number of amides is 2. The summed E-state index contributed by atoms with van der Waals surface area (Å²) in [6.45, 7) is 6.10. The summed E-state index contributed by atoms with van der Waals surface area (Å²) < 4.78 is 0. The molecule has 2 amide bonds. The van der Waals surface area contributed by atoms with E-state index in [1.54, 1.807) is 16.7 Å². The number of thioether (sulfide) groups is 1. The molecule has 0 heterocycles. The van der Waals surface area contributed by atoms with Crippen LogP contribution in [0.1, 0.15) is 44.7 Å². The lowest BCUT2D eigenvalue weighted by molar-refractivity contribution is -0.141. The first-order chi connectivity index (χ1) is 14.4. The number of rotatable bonds is 11. The third-order valence-electron chi connectivity index (χ3n) is 4.69. The first kappa shape index (κ1) is 24.3. The Morgan fingerprint density at radius 2 is 1.73 bits per heavy atom. The van der Waals surface area contributed by atoms with E-state index in [-0.39, 0.29) is 17.9 Å². The monoisotopic (exact) mass is 446 g/mol. The molecule has 0 spiro atoms. The van der Waals surface area contributed by atoms with Crippen molar-refractivity contribution >= 4 is 35.2 Å². The average molecular weight is 447 g/mol. The maximum Gasteiger partial charge on any atom is 0.243 e. The van der Waals surface area contributed by atoms with Crippen LogP contribution in [0, 0.1) is 0 Å². The third-order valence-corrected chi connectivity index (χ3v) is 6.09. The van der Waals surface area contributed by atoms with Gasteiger partial charge in [-0.3, -0.25) is 9.59 Å². The lowest BCUT2D eigenvalue weighted by Gasteiger charge is -2.31. The maximum atomic E-state index is 13.2. The average Bonchev–Trinajstić information content (AvgIpc) is 2.72. The van der Waals surface area contributed by atoms with Gasteiger partial charge in [0.25, 0.3) is 0 Å². The van der Waals surface area contributed by atoms with Gasteiger partial charge in [-0.2, -0.15) is 11.8 Å². The molecule has 2 rings (SSSR count). The van der Waals surface area contributed by atoms with Crippen molar-refractivity contribution in [2.75, 3.05) is 5.75 Å². The first-order valence-electron chi connectivity index (χ1n) is 10.4. The molecule has 2 aromatic rings. The third kappa shape index (κ3) is 7.69. The fraction of sp³-hybridized carbons (Fsp3) is 0.417. The lowest BCUT2D eigenvalue weighted by Crippen LogP contribution is -2.50. The molecule has 0 aliphatic rings. The van der Waals surface area contributed by atoms with E-state index < -0.39 is 6.04 Å². The molecule has 0 aliphatic carbocycles.